The van der Waals surface area contributed by atoms with Gasteiger partial charge in [0, 0.05) is 73.8 Å². The van der Waals surface area contributed by atoms with E-state index in [0.717, 1.165) is 16.8 Å². The first kappa shape index (κ1) is 36.5. The highest BCUT2D eigenvalue weighted by atomic mass is 79.9. The number of aromatic nitrogens is 6. The molecule has 1 aliphatic heterocycles. The molecule has 1 saturated heterocycles. The molecule has 0 spiro atoms. The molecule has 0 saturated carbocycles. The summed E-state index contributed by atoms with van der Waals surface area (Å²) in [6.07, 6.45) is 5.32. The van der Waals surface area contributed by atoms with Gasteiger partial charge in [-0.1, -0.05) is 0 Å². The molecule has 1 unspecified atom stereocenters. The third-order valence-corrected chi connectivity index (χ3v) is 11.3. The van der Waals surface area contributed by atoms with Crippen LogP contribution in [-0.2, 0) is 11.6 Å². The molecule has 51 heavy (non-hydrogen) atoms. The minimum absolute atomic E-state index is 0.194. The van der Waals surface area contributed by atoms with Crippen LogP contribution in [0.1, 0.15) is 19.8 Å². The molecule has 3 aromatic heterocycles. The summed E-state index contributed by atoms with van der Waals surface area (Å²) in [5.41, 5.74) is 4.97. The summed E-state index contributed by atoms with van der Waals surface area (Å²) in [7, 11) is 2.14. The van der Waals surface area contributed by atoms with E-state index in [-0.39, 0.29) is 12.0 Å². The van der Waals surface area contributed by atoms with Crippen molar-refractivity contribution in [2.24, 2.45) is 7.05 Å². The number of fused-ring (bicyclic) bond motifs is 1. The number of methoxy groups -OCH3 is 1. The van der Waals surface area contributed by atoms with Crippen molar-refractivity contribution >= 4 is 68.2 Å². The van der Waals surface area contributed by atoms with E-state index < -0.39 is 19.4 Å². The number of aryl methyl sites for hydroxylation is 1. The lowest BCUT2D eigenvalue weighted by molar-refractivity contribution is -0.181. The lowest BCUT2D eigenvalue weighted by atomic mass is 9.98. The van der Waals surface area contributed by atoms with Crippen LogP contribution < -0.4 is 25.6 Å². The number of piperidine rings is 1. The Hall–Kier alpha value is -4.27. The van der Waals surface area contributed by atoms with Gasteiger partial charge in [0.05, 0.1) is 40.0 Å². The van der Waals surface area contributed by atoms with Crippen molar-refractivity contribution in [2.75, 3.05) is 56.1 Å². The van der Waals surface area contributed by atoms with Crippen LogP contribution in [0.2, 0.25) is 0 Å². The molecule has 17 heteroatoms. The number of hydrogen-bond acceptors (Lipinski definition) is 11. The third-order valence-electron chi connectivity index (χ3n) is 9.20. The zero-order valence-corrected chi connectivity index (χ0v) is 31.5. The second kappa shape index (κ2) is 14.4. The molecule has 4 heterocycles. The number of hydrogen-bond donors (Lipinski definition) is 2. The smallest absolute Gasteiger partial charge is 0.403 e. The average molecular weight is 788 g/mol. The molecule has 270 valence electrons. The lowest BCUT2D eigenvalue weighted by Crippen LogP contribution is -2.50. The number of nitrogens with one attached hydrogen (secondary N) is 2. The maximum Gasteiger partial charge on any atom is 0.403 e. The highest BCUT2D eigenvalue weighted by molar-refractivity contribution is 9.10. The Morgan fingerprint density at radius 1 is 1.06 bits per heavy atom. The van der Waals surface area contributed by atoms with Gasteiger partial charge < -0.3 is 24.8 Å². The monoisotopic (exact) mass is 786 g/mol. The highest BCUT2D eigenvalue weighted by Gasteiger charge is 2.41. The first-order chi connectivity index (χ1) is 24.1. The molecule has 2 aromatic carbocycles. The Morgan fingerprint density at radius 2 is 1.78 bits per heavy atom. The van der Waals surface area contributed by atoms with Crippen molar-refractivity contribution < 1.29 is 22.5 Å². The van der Waals surface area contributed by atoms with Crippen molar-refractivity contribution in [1.29, 1.82) is 0 Å². The quantitative estimate of drug-likeness (QED) is 0.140. The zero-order chi connectivity index (χ0) is 36.7. The van der Waals surface area contributed by atoms with Gasteiger partial charge in [0.25, 0.3) is 0 Å². The van der Waals surface area contributed by atoms with Gasteiger partial charge in [-0.3, -0.25) is 19.5 Å². The molecule has 5 aromatic rings. The van der Waals surface area contributed by atoms with Crippen LogP contribution in [0.25, 0.3) is 22.2 Å². The fourth-order valence-corrected chi connectivity index (χ4v) is 8.06. The van der Waals surface area contributed by atoms with E-state index >= 15 is 0 Å². The van der Waals surface area contributed by atoms with E-state index in [1.54, 1.807) is 57.0 Å². The van der Waals surface area contributed by atoms with Crippen LogP contribution in [0.3, 0.4) is 0 Å². The van der Waals surface area contributed by atoms with Gasteiger partial charge in [-0.2, -0.15) is 23.3 Å². The standard InChI is InChI=1S/C34H39BrF3N10O2P/c1-20(34(36,37)38)47(3)22-9-13-48(14-10-22)28-16-29(50-4)27(15-23(28)21-17-42-46(2)19-21)44-33-41-18-24(35)32(45-33)43-26-8-7-25-30(40-12-11-39-25)31(26)51(5,6)49/h7-8,11-12,15-20,22H,9-10,13-14H2,1-6H3,(H2,41,43,44,45). The second-order valence-corrected chi connectivity index (χ2v) is 17.0. The minimum Gasteiger partial charge on any atom is -0.494 e. The Morgan fingerprint density at radius 3 is 2.43 bits per heavy atom. The van der Waals surface area contributed by atoms with Gasteiger partial charge in [0.1, 0.15) is 30.3 Å². The summed E-state index contributed by atoms with van der Waals surface area (Å²) in [6, 6.07) is 5.78. The Balaban J connectivity index is 1.31. The van der Waals surface area contributed by atoms with Gasteiger partial charge in [-0.25, -0.2) is 4.98 Å². The maximum atomic E-state index is 13.5. The molecule has 1 atom stereocenters. The van der Waals surface area contributed by atoms with Crippen molar-refractivity contribution in [3.63, 3.8) is 0 Å². The summed E-state index contributed by atoms with van der Waals surface area (Å²) in [5.74, 6) is 1.22. The van der Waals surface area contributed by atoms with Crippen LogP contribution in [0.4, 0.5) is 42.0 Å². The van der Waals surface area contributed by atoms with E-state index in [0.29, 0.717) is 69.7 Å². The number of halogens is 4. The molecule has 1 aliphatic rings. The van der Waals surface area contributed by atoms with E-state index in [9.17, 15) is 17.7 Å². The topological polar surface area (TPSA) is 126 Å². The van der Waals surface area contributed by atoms with Crippen molar-refractivity contribution in [2.45, 2.75) is 38.0 Å². The van der Waals surface area contributed by atoms with Crippen LogP contribution in [0, 0.1) is 0 Å². The molecule has 2 N–H and O–H groups in total. The third kappa shape index (κ3) is 7.82. The van der Waals surface area contributed by atoms with Gasteiger partial charge >= 0.3 is 6.18 Å². The SMILES string of the molecule is COc1cc(N2CCC(N(C)C(C)C(F)(F)F)CC2)c(-c2cnn(C)c2)cc1Nc1ncc(Br)c(Nc2ccc3nccnc3c2P(C)(C)=O)n1. The molecular formula is C34H39BrF3N10O2P. The Labute approximate surface area is 302 Å². The number of anilines is 5. The minimum atomic E-state index is -4.28. The van der Waals surface area contributed by atoms with Crippen molar-refractivity contribution in [3.8, 4) is 16.9 Å². The van der Waals surface area contributed by atoms with Gasteiger partial charge in [-0.05, 0) is 74.3 Å². The summed E-state index contributed by atoms with van der Waals surface area (Å²) in [6.45, 7) is 5.72. The summed E-state index contributed by atoms with van der Waals surface area (Å²) >= 11 is 3.54. The van der Waals surface area contributed by atoms with E-state index in [4.69, 9.17) is 9.72 Å². The maximum absolute atomic E-state index is 13.5. The molecule has 0 amide bonds. The number of rotatable bonds is 10. The van der Waals surface area contributed by atoms with Crippen LogP contribution in [-0.4, -0.2) is 93.5 Å². The number of nitrogens with zero attached hydrogens (tertiary/aromatic N) is 8. The zero-order valence-electron chi connectivity index (χ0n) is 29.0. The lowest BCUT2D eigenvalue weighted by Gasteiger charge is -2.41. The molecule has 1 fully saturated rings. The fourth-order valence-electron chi connectivity index (χ4n) is 6.38. The van der Waals surface area contributed by atoms with Gasteiger partial charge in [0.15, 0.2) is 0 Å². The molecule has 0 radical (unpaired) electrons. The largest absolute Gasteiger partial charge is 0.494 e. The summed E-state index contributed by atoms with van der Waals surface area (Å²) < 4.78 is 62.0. The molecule has 6 rings (SSSR count). The molecule has 0 aliphatic carbocycles. The van der Waals surface area contributed by atoms with Gasteiger partial charge in [0.2, 0.25) is 5.95 Å². The number of ether oxygens (including phenoxy) is 1. The average Bonchev–Trinajstić information content (AvgIpc) is 3.53. The van der Waals surface area contributed by atoms with Gasteiger partial charge in [-0.15, -0.1) is 0 Å². The van der Waals surface area contributed by atoms with Crippen LogP contribution >= 0.6 is 23.1 Å². The summed E-state index contributed by atoms with van der Waals surface area (Å²) in [4.78, 5) is 21.7. The van der Waals surface area contributed by atoms with Crippen LogP contribution in [0.15, 0.2) is 59.7 Å². The molecule has 12 nitrogen and oxygen atoms in total. The summed E-state index contributed by atoms with van der Waals surface area (Å²) in [5, 5.41) is 11.6. The Bertz CT molecular complexity index is 2100. The second-order valence-electron chi connectivity index (χ2n) is 13.0. The predicted octanol–water partition coefficient (Wildman–Crippen LogP) is 7.18. The normalized spacial score (nSPS) is 15.0. The van der Waals surface area contributed by atoms with E-state index in [1.165, 1.54) is 11.8 Å². The van der Waals surface area contributed by atoms with Crippen molar-refractivity contribution in [3.05, 3.63) is 59.7 Å². The molecular weight excluding hydrogens is 748 g/mol. The first-order valence-corrected chi connectivity index (χ1v) is 19.6. The predicted molar refractivity (Wildman–Crippen MR) is 199 cm³/mol. The highest BCUT2D eigenvalue weighted by Crippen LogP contribution is 2.43. The number of alkyl halides is 3. The Kier molecular flexibility index (Phi) is 10.3. The first-order valence-electron chi connectivity index (χ1n) is 16.2. The number of benzene rings is 2. The van der Waals surface area contributed by atoms with Crippen molar-refractivity contribution in [1.82, 2.24) is 34.6 Å². The molecule has 0 bridgehead atoms. The fraction of sp³-hybridized carbons (Fsp3) is 0.382. The van der Waals surface area contributed by atoms with E-state index in [2.05, 4.69) is 51.5 Å². The van der Waals surface area contributed by atoms with E-state index in [1.807, 2.05) is 37.5 Å². The van der Waals surface area contributed by atoms with Crippen LogP contribution in [0.5, 0.6) is 5.75 Å².